The number of ether oxygens (including phenoxy) is 2. The summed E-state index contributed by atoms with van der Waals surface area (Å²) in [5, 5.41) is 11.5. The molecule has 12 heteroatoms. The predicted molar refractivity (Wildman–Crippen MR) is 197 cm³/mol. The maximum absolute atomic E-state index is 13.1. The van der Waals surface area contributed by atoms with Gasteiger partial charge in [0.25, 0.3) is 0 Å². The predicted octanol–water partition coefficient (Wildman–Crippen LogP) is 3.07. The third kappa shape index (κ3) is 12.0. The number of hydrogen-bond donors (Lipinski definition) is 4. The van der Waals surface area contributed by atoms with Crippen LogP contribution >= 0.6 is 19.9 Å². The summed E-state index contributed by atoms with van der Waals surface area (Å²) >= 11 is 4.13. The number of carbonyl (C=O) groups excluding carboxylic acids is 5. The van der Waals surface area contributed by atoms with Gasteiger partial charge in [-0.05, 0) is 69.5 Å². The molecule has 0 bridgehead atoms. The van der Waals surface area contributed by atoms with E-state index in [1.54, 1.807) is 13.8 Å². The van der Waals surface area contributed by atoms with Gasteiger partial charge in [-0.15, -0.1) is 0 Å². The van der Waals surface area contributed by atoms with Gasteiger partial charge >= 0.3 is 11.9 Å². The molecule has 3 aromatic rings. The summed E-state index contributed by atoms with van der Waals surface area (Å²) in [7, 11) is -2.03. The van der Waals surface area contributed by atoms with E-state index in [1.165, 1.54) is 15.9 Å². The van der Waals surface area contributed by atoms with E-state index in [9.17, 15) is 24.0 Å². The Bertz CT molecular complexity index is 1400. The number of nitrogens with one attached hydrogen (secondary N) is 3. The molecule has 0 heterocycles. The highest BCUT2D eigenvalue weighted by Crippen LogP contribution is 2.55. The number of amides is 3. The van der Waals surface area contributed by atoms with Gasteiger partial charge in [0, 0.05) is 18.6 Å². The maximum atomic E-state index is 13.1. The third-order valence-electron chi connectivity index (χ3n) is 7.85. The summed E-state index contributed by atoms with van der Waals surface area (Å²) in [5.74, 6) is -2.67. The number of hydrogen-bond acceptors (Lipinski definition) is 8. The molecular weight excluding hydrogens is 661 g/mol. The quantitative estimate of drug-likeness (QED) is 0.0613. The van der Waals surface area contributed by atoms with E-state index >= 15 is 0 Å². The summed E-state index contributed by atoms with van der Waals surface area (Å²) < 4.78 is 9.96. The SMILES string of the molecule is CCOC(=O)CNC(=O)[C@H](CS)NC(=O)CC[C@H](NC(=O)CCCC[P+](c1ccccc1)(c1ccccc1)c1ccccc1)C(=O)OCC. The van der Waals surface area contributed by atoms with Gasteiger partial charge in [-0.2, -0.15) is 12.6 Å². The van der Waals surface area contributed by atoms with Gasteiger partial charge in [0.15, 0.2) is 0 Å². The Hall–Kier alpha value is -4.21. The van der Waals surface area contributed by atoms with Crippen LogP contribution in [-0.4, -0.2) is 73.4 Å². The second-order valence-corrected chi connectivity index (χ2v) is 15.2. The molecule has 3 N–H and O–H groups in total. The van der Waals surface area contributed by atoms with Gasteiger partial charge in [-0.1, -0.05) is 54.6 Å². The van der Waals surface area contributed by atoms with Crippen LogP contribution in [0.2, 0.25) is 0 Å². The van der Waals surface area contributed by atoms with Crippen molar-refractivity contribution in [1.82, 2.24) is 16.0 Å². The molecule has 49 heavy (non-hydrogen) atoms. The Morgan fingerprint density at radius 2 is 1.16 bits per heavy atom. The largest absolute Gasteiger partial charge is 0.465 e. The molecule has 0 saturated carbocycles. The second-order valence-electron chi connectivity index (χ2n) is 11.2. The molecule has 0 aromatic heterocycles. The first-order valence-electron chi connectivity index (χ1n) is 16.6. The topological polar surface area (TPSA) is 140 Å². The smallest absolute Gasteiger partial charge is 0.328 e. The van der Waals surface area contributed by atoms with Crippen LogP contribution in [0.1, 0.15) is 46.0 Å². The zero-order chi connectivity index (χ0) is 35.5. The number of thiol groups is 1. The highest BCUT2D eigenvalue weighted by atomic mass is 32.1. The monoisotopic (exact) mass is 708 g/mol. The molecule has 0 aliphatic rings. The first-order chi connectivity index (χ1) is 23.7. The van der Waals surface area contributed by atoms with Crippen LogP contribution in [0.4, 0.5) is 0 Å². The van der Waals surface area contributed by atoms with E-state index in [0.29, 0.717) is 6.42 Å². The van der Waals surface area contributed by atoms with Crippen molar-refractivity contribution in [1.29, 1.82) is 0 Å². The van der Waals surface area contributed by atoms with Crippen LogP contribution in [0.5, 0.6) is 0 Å². The van der Waals surface area contributed by atoms with Crippen LogP contribution in [-0.2, 0) is 33.4 Å². The average Bonchev–Trinajstić information content (AvgIpc) is 3.12. The lowest BCUT2D eigenvalue weighted by Gasteiger charge is -2.27. The van der Waals surface area contributed by atoms with Crippen molar-refractivity contribution in [3.8, 4) is 0 Å². The molecule has 262 valence electrons. The second kappa shape index (κ2) is 21.0. The standard InChI is InChI=1S/C37H46N3O7PS/c1-3-46-35(43)26-38-36(44)32(27-49)40-34(42)24-23-31(37(45)47-4-2)39-33(41)22-14-15-25-48(28-16-8-5-9-17-28,29-18-10-6-11-19-29)30-20-12-7-13-21-30/h5-13,16-21,31-32H,3-4,14-15,22-27H2,1-2H3,(H3-,38,39,40,41,42,44,49)/p+1/t31-,32-/m0/s1. The lowest BCUT2D eigenvalue weighted by molar-refractivity contribution is -0.147. The van der Waals surface area contributed by atoms with E-state index < -0.39 is 43.1 Å². The van der Waals surface area contributed by atoms with E-state index in [1.807, 2.05) is 18.2 Å². The van der Waals surface area contributed by atoms with Gasteiger partial charge in [-0.25, -0.2) is 4.79 Å². The van der Waals surface area contributed by atoms with Crippen LogP contribution in [0.15, 0.2) is 91.0 Å². The van der Waals surface area contributed by atoms with Gasteiger partial charge in [0.2, 0.25) is 17.7 Å². The van der Waals surface area contributed by atoms with E-state index in [2.05, 4.69) is 101 Å². The average molecular weight is 709 g/mol. The Morgan fingerprint density at radius 3 is 1.65 bits per heavy atom. The Balaban J connectivity index is 1.62. The van der Waals surface area contributed by atoms with Crippen LogP contribution in [0.3, 0.4) is 0 Å². The molecule has 2 atom stereocenters. The van der Waals surface area contributed by atoms with Crippen molar-refractivity contribution in [2.45, 2.75) is 58.0 Å². The third-order valence-corrected chi connectivity index (χ3v) is 12.7. The van der Waals surface area contributed by atoms with Gasteiger partial charge in [-0.3, -0.25) is 19.2 Å². The summed E-state index contributed by atoms with van der Waals surface area (Å²) in [6.07, 6.45) is 2.25. The highest BCUT2D eigenvalue weighted by molar-refractivity contribution is 7.95. The maximum Gasteiger partial charge on any atom is 0.328 e. The molecule has 10 nitrogen and oxygen atoms in total. The molecule has 0 aliphatic heterocycles. The van der Waals surface area contributed by atoms with Crippen molar-refractivity contribution in [2.24, 2.45) is 0 Å². The minimum absolute atomic E-state index is 0.0131. The summed E-state index contributed by atoms with van der Waals surface area (Å²) in [5.41, 5.74) is 0. The number of benzene rings is 3. The Morgan fingerprint density at radius 1 is 0.673 bits per heavy atom. The van der Waals surface area contributed by atoms with Crippen LogP contribution in [0, 0.1) is 0 Å². The fourth-order valence-electron chi connectivity index (χ4n) is 5.51. The van der Waals surface area contributed by atoms with Crippen molar-refractivity contribution in [3.63, 3.8) is 0 Å². The lowest BCUT2D eigenvalue weighted by Crippen LogP contribution is -2.49. The summed E-state index contributed by atoms with van der Waals surface area (Å²) in [6.45, 7) is 3.27. The molecule has 0 unspecified atom stereocenters. The van der Waals surface area contributed by atoms with Crippen molar-refractivity contribution in [2.75, 3.05) is 31.7 Å². The zero-order valence-electron chi connectivity index (χ0n) is 28.1. The molecule has 3 aromatic carbocycles. The molecular formula is C37H47N3O7PS+. The van der Waals surface area contributed by atoms with Crippen molar-refractivity contribution >= 4 is 65.5 Å². The number of esters is 2. The molecule has 0 radical (unpaired) electrons. The van der Waals surface area contributed by atoms with E-state index in [-0.39, 0.29) is 50.7 Å². The fourth-order valence-corrected chi connectivity index (χ4v) is 10.2. The minimum Gasteiger partial charge on any atom is -0.465 e. The Kier molecular flexibility index (Phi) is 16.8. The van der Waals surface area contributed by atoms with E-state index in [4.69, 9.17) is 9.47 Å². The molecule has 3 amide bonds. The Labute approximate surface area is 294 Å². The first-order valence-corrected chi connectivity index (χ1v) is 19.2. The van der Waals surface area contributed by atoms with Gasteiger partial charge in [0.1, 0.15) is 41.8 Å². The fraction of sp³-hybridized carbons (Fsp3) is 0.378. The molecule has 0 fully saturated rings. The van der Waals surface area contributed by atoms with Crippen LogP contribution < -0.4 is 31.9 Å². The van der Waals surface area contributed by atoms with Gasteiger partial charge < -0.3 is 25.4 Å². The highest BCUT2D eigenvalue weighted by Gasteiger charge is 2.44. The summed E-state index contributed by atoms with van der Waals surface area (Å²) in [6, 6.07) is 29.6. The molecule has 0 spiro atoms. The molecule has 3 rings (SSSR count). The lowest BCUT2D eigenvalue weighted by atomic mass is 10.1. The van der Waals surface area contributed by atoms with Crippen molar-refractivity contribution < 1.29 is 33.4 Å². The normalized spacial score (nSPS) is 12.2. The summed E-state index contributed by atoms with van der Waals surface area (Å²) in [4.78, 5) is 62.5. The number of carbonyl (C=O) groups is 5. The molecule has 0 aliphatic carbocycles. The van der Waals surface area contributed by atoms with Crippen molar-refractivity contribution in [3.05, 3.63) is 91.0 Å². The number of rotatable bonds is 20. The minimum atomic E-state index is -2.03. The zero-order valence-corrected chi connectivity index (χ0v) is 29.9. The molecule has 0 saturated heterocycles. The first kappa shape index (κ1) is 39.2. The van der Waals surface area contributed by atoms with Crippen LogP contribution in [0.25, 0.3) is 0 Å². The van der Waals surface area contributed by atoms with E-state index in [0.717, 1.165) is 12.6 Å². The van der Waals surface area contributed by atoms with Gasteiger partial charge in [0.05, 0.1) is 19.4 Å². The number of unbranched alkanes of at least 4 members (excludes halogenated alkanes) is 1.